The maximum atomic E-state index is 12.9. The van der Waals surface area contributed by atoms with E-state index in [1.807, 2.05) is 20.8 Å². The number of allylic oxidation sites excluding steroid dienone is 3. The van der Waals surface area contributed by atoms with E-state index in [0.29, 0.717) is 31.3 Å². The van der Waals surface area contributed by atoms with Gasteiger partial charge in [0, 0.05) is 26.3 Å². The molecule has 0 bridgehead atoms. The van der Waals surface area contributed by atoms with Crippen molar-refractivity contribution in [3.8, 4) is 0 Å². The van der Waals surface area contributed by atoms with E-state index in [-0.39, 0.29) is 23.7 Å². The van der Waals surface area contributed by atoms with Gasteiger partial charge in [0.15, 0.2) is 0 Å². The summed E-state index contributed by atoms with van der Waals surface area (Å²) >= 11 is 0. The first-order valence-corrected chi connectivity index (χ1v) is 14.1. The molecule has 222 valence electrons. The van der Waals surface area contributed by atoms with Gasteiger partial charge in [-0.3, -0.25) is 23.9 Å². The van der Waals surface area contributed by atoms with Crippen LogP contribution in [0, 0.1) is 28.6 Å². The maximum Gasteiger partial charge on any atom is 0.309 e. The second kappa shape index (κ2) is 12.3. The maximum absolute atomic E-state index is 12.9. The van der Waals surface area contributed by atoms with E-state index >= 15 is 0 Å². The van der Waals surface area contributed by atoms with Crippen LogP contribution in [-0.4, -0.2) is 48.7 Å². The average molecular weight is 561 g/mol. The van der Waals surface area contributed by atoms with Crippen LogP contribution < -0.4 is 0 Å². The molecule has 1 saturated carbocycles. The van der Waals surface area contributed by atoms with Crippen LogP contribution in [0.4, 0.5) is 0 Å². The summed E-state index contributed by atoms with van der Waals surface area (Å²) < 4.78 is 29.5. The molecule has 0 amide bonds. The summed E-state index contributed by atoms with van der Waals surface area (Å²) in [6, 6.07) is 0. The van der Waals surface area contributed by atoms with Crippen LogP contribution in [0.1, 0.15) is 81.1 Å². The quantitative estimate of drug-likeness (QED) is 0.163. The standard InChI is InChI=1S/C31H44O9/c1-10-17(3)12-13-30(9)19(5)14-26(36-20(6)32)31-24(28(37-21(7)33)40-29(31)38-22(8)34)15-23(16-25(30)31)39-27(35)18(4)11-2/h10,12,15,18-19,23,25-26,28-29H,1,11,13-14,16H2,2-9H3/b17-12+/t18?,19-,23+,25+,26+,28+,29-,30-,31?/m0/s1. The van der Waals surface area contributed by atoms with Crippen LogP contribution >= 0.6 is 0 Å². The van der Waals surface area contributed by atoms with E-state index in [1.54, 1.807) is 12.2 Å². The molecule has 0 aromatic rings. The third-order valence-corrected chi connectivity index (χ3v) is 9.15. The first-order chi connectivity index (χ1) is 18.7. The van der Waals surface area contributed by atoms with Gasteiger partial charge >= 0.3 is 23.9 Å². The Labute approximate surface area is 237 Å². The van der Waals surface area contributed by atoms with Gasteiger partial charge < -0.3 is 18.9 Å². The summed E-state index contributed by atoms with van der Waals surface area (Å²) in [6.07, 6.45) is 3.92. The number of esters is 4. The smallest absolute Gasteiger partial charge is 0.309 e. The van der Waals surface area contributed by atoms with Crippen molar-refractivity contribution >= 4 is 23.9 Å². The Kier molecular flexibility index (Phi) is 9.70. The zero-order valence-corrected chi connectivity index (χ0v) is 25.0. The minimum absolute atomic E-state index is 0.0392. The Bertz CT molecular complexity index is 1090. The van der Waals surface area contributed by atoms with E-state index in [0.717, 1.165) is 5.57 Å². The summed E-state index contributed by atoms with van der Waals surface area (Å²) in [5.41, 5.74) is -0.128. The third-order valence-electron chi connectivity index (χ3n) is 9.15. The van der Waals surface area contributed by atoms with Crippen LogP contribution in [0.5, 0.6) is 0 Å². The fraction of sp³-hybridized carbons (Fsp3) is 0.677. The van der Waals surface area contributed by atoms with Crippen LogP contribution in [0.25, 0.3) is 0 Å². The SMILES string of the molecule is C=C/C(C)=C/C[C@@]1(C)[C@@H](C)C[C@@H](OC(C)=O)C23C(=C[C@@H](OC(=O)C(C)CC)C[C@@H]21)[C@H](OC(C)=O)O[C@@H]3OC(C)=O. The van der Waals surface area contributed by atoms with Gasteiger partial charge in [0.1, 0.15) is 17.6 Å². The Balaban J connectivity index is 2.30. The molecule has 3 aliphatic rings. The Morgan fingerprint density at radius 3 is 2.23 bits per heavy atom. The number of rotatable bonds is 9. The largest absolute Gasteiger partial charge is 0.461 e. The molecule has 2 unspecified atom stereocenters. The summed E-state index contributed by atoms with van der Waals surface area (Å²) in [6.45, 7) is 17.7. The molecule has 0 N–H and O–H groups in total. The lowest BCUT2D eigenvalue weighted by atomic mass is 9.45. The van der Waals surface area contributed by atoms with Gasteiger partial charge in [-0.1, -0.05) is 52.0 Å². The molecule has 0 aromatic carbocycles. The Morgan fingerprint density at radius 2 is 1.68 bits per heavy atom. The molecule has 9 nitrogen and oxygen atoms in total. The first kappa shape index (κ1) is 31.6. The Morgan fingerprint density at radius 1 is 1.05 bits per heavy atom. The number of ether oxygens (including phenoxy) is 5. The molecule has 9 heteroatoms. The van der Waals surface area contributed by atoms with Crippen LogP contribution in [0.3, 0.4) is 0 Å². The minimum Gasteiger partial charge on any atom is -0.461 e. The average Bonchev–Trinajstić information content (AvgIpc) is 3.16. The fourth-order valence-corrected chi connectivity index (χ4v) is 6.61. The fourth-order valence-electron chi connectivity index (χ4n) is 6.61. The van der Waals surface area contributed by atoms with Gasteiger partial charge in [0.25, 0.3) is 0 Å². The summed E-state index contributed by atoms with van der Waals surface area (Å²) in [4.78, 5) is 49.9. The van der Waals surface area contributed by atoms with Crippen LogP contribution in [-0.2, 0) is 42.9 Å². The molecular weight excluding hydrogens is 516 g/mol. The summed E-state index contributed by atoms with van der Waals surface area (Å²) in [5.74, 6) is -2.62. The van der Waals surface area contributed by atoms with E-state index in [1.165, 1.54) is 20.8 Å². The number of hydrogen-bond donors (Lipinski definition) is 0. The van der Waals surface area contributed by atoms with E-state index < -0.39 is 53.5 Å². The second-order valence-electron chi connectivity index (χ2n) is 11.7. The first-order valence-electron chi connectivity index (χ1n) is 14.1. The van der Waals surface area contributed by atoms with E-state index in [2.05, 4.69) is 26.5 Å². The molecular formula is C31H44O9. The predicted molar refractivity (Wildman–Crippen MR) is 146 cm³/mol. The number of carbonyl (C=O) groups excluding carboxylic acids is 4. The molecule has 1 saturated heterocycles. The molecule has 1 spiro atoms. The van der Waals surface area contributed by atoms with Gasteiger partial charge in [-0.2, -0.15) is 0 Å². The molecule has 0 aromatic heterocycles. The van der Waals surface area contributed by atoms with E-state index in [9.17, 15) is 19.2 Å². The van der Waals surface area contributed by atoms with Crippen LogP contribution in [0.15, 0.2) is 36.0 Å². The summed E-state index contributed by atoms with van der Waals surface area (Å²) in [5, 5.41) is 0. The molecule has 9 atom stereocenters. The lowest BCUT2D eigenvalue weighted by Crippen LogP contribution is -2.64. The van der Waals surface area contributed by atoms with Crippen molar-refractivity contribution in [3.63, 3.8) is 0 Å². The predicted octanol–water partition coefficient (Wildman–Crippen LogP) is 5.19. The van der Waals surface area contributed by atoms with Crippen molar-refractivity contribution in [1.29, 1.82) is 0 Å². The highest BCUT2D eigenvalue weighted by atomic mass is 16.8. The van der Waals surface area contributed by atoms with Crippen molar-refractivity contribution in [2.45, 2.75) is 106 Å². The van der Waals surface area contributed by atoms with Crippen molar-refractivity contribution in [1.82, 2.24) is 0 Å². The summed E-state index contributed by atoms with van der Waals surface area (Å²) in [7, 11) is 0. The highest BCUT2D eigenvalue weighted by Crippen LogP contribution is 2.67. The van der Waals surface area contributed by atoms with Gasteiger partial charge in [-0.05, 0) is 55.9 Å². The molecule has 1 heterocycles. The lowest BCUT2D eigenvalue weighted by Gasteiger charge is -2.60. The highest BCUT2D eigenvalue weighted by molar-refractivity contribution is 5.72. The van der Waals surface area contributed by atoms with Crippen molar-refractivity contribution in [2.24, 2.45) is 28.6 Å². The van der Waals surface area contributed by atoms with Gasteiger partial charge in [-0.25, -0.2) is 0 Å². The zero-order chi connectivity index (χ0) is 30.0. The van der Waals surface area contributed by atoms with Gasteiger partial charge in [0.05, 0.1) is 5.92 Å². The topological polar surface area (TPSA) is 114 Å². The highest BCUT2D eigenvalue weighted by Gasteiger charge is 2.72. The third kappa shape index (κ3) is 5.90. The molecule has 2 fully saturated rings. The van der Waals surface area contributed by atoms with Crippen molar-refractivity contribution in [3.05, 3.63) is 36.0 Å². The zero-order valence-electron chi connectivity index (χ0n) is 25.0. The van der Waals surface area contributed by atoms with Gasteiger partial charge in [-0.15, -0.1) is 0 Å². The molecule has 40 heavy (non-hydrogen) atoms. The molecule has 2 aliphatic carbocycles. The minimum atomic E-state index is -1.21. The number of carbonyl (C=O) groups is 4. The van der Waals surface area contributed by atoms with Crippen LogP contribution in [0.2, 0.25) is 0 Å². The second-order valence-corrected chi connectivity index (χ2v) is 11.7. The Hall–Kier alpha value is -2.94. The van der Waals surface area contributed by atoms with Gasteiger partial charge in [0.2, 0.25) is 12.6 Å². The van der Waals surface area contributed by atoms with Crippen molar-refractivity contribution in [2.75, 3.05) is 0 Å². The number of hydrogen-bond acceptors (Lipinski definition) is 9. The van der Waals surface area contributed by atoms with E-state index in [4.69, 9.17) is 23.7 Å². The lowest BCUT2D eigenvalue weighted by molar-refractivity contribution is -0.257. The molecule has 3 rings (SSSR count). The monoisotopic (exact) mass is 560 g/mol. The normalized spacial score (nSPS) is 35.8. The molecule has 0 radical (unpaired) electrons. The molecule has 1 aliphatic heterocycles. The van der Waals surface area contributed by atoms with Crippen molar-refractivity contribution < 1.29 is 42.9 Å².